The molecule has 6 nitrogen and oxygen atoms in total. The van der Waals surface area contributed by atoms with Crippen molar-refractivity contribution in [2.45, 2.75) is 17.8 Å². The zero-order valence-corrected chi connectivity index (χ0v) is 17.4. The third-order valence-electron chi connectivity index (χ3n) is 3.88. The molecular weight excluding hydrogens is 412 g/mol. The fourth-order valence-corrected chi connectivity index (χ4v) is 4.98. The predicted octanol–water partition coefficient (Wildman–Crippen LogP) is 4.90. The van der Waals surface area contributed by atoms with Gasteiger partial charge in [0.05, 0.1) is 17.5 Å². The molecule has 1 aromatic heterocycles. The molecule has 2 aliphatic heterocycles. The highest BCUT2D eigenvalue weighted by molar-refractivity contribution is 8.19. The lowest BCUT2D eigenvalue weighted by atomic mass is 10.1. The summed E-state index contributed by atoms with van der Waals surface area (Å²) in [7, 11) is 0. The fraction of sp³-hybridized carbons (Fsp3) is 0.158. The van der Waals surface area contributed by atoms with Crippen molar-refractivity contribution in [1.82, 2.24) is 4.90 Å². The van der Waals surface area contributed by atoms with Crippen molar-refractivity contribution in [3.05, 3.63) is 59.4 Å². The first kappa shape index (κ1) is 19.1. The zero-order valence-electron chi connectivity index (χ0n) is 14.9. The fourth-order valence-electron chi connectivity index (χ4n) is 2.58. The van der Waals surface area contributed by atoms with E-state index in [0.717, 1.165) is 28.5 Å². The number of carbonyl (C=O) groups is 1. The van der Waals surface area contributed by atoms with E-state index < -0.39 is 5.91 Å². The topological polar surface area (TPSA) is 82.0 Å². The van der Waals surface area contributed by atoms with Gasteiger partial charge in [-0.15, -0.1) is 0 Å². The van der Waals surface area contributed by atoms with E-state index in [2.05, 4.69) is 21.5 Å². The smallest absolute Gasteiger partial charge is 0.283 e. The number of amides is 1. The Labute approximate surface area is 175 Å². The van der Waals surface area contributed by atoms with Gasteiger partial charge < -0.3 is 4.42 Å². The van der Waals surface area contributed by atoms with E-state index in [4.69, 9.17) is 9.83 Å². The van der Waals surface area contributed by atoms with Gasteiger partial charge in [-0.25, -0.2) is 4.90 Å². The van der Waals surface area contributed by atoms with Crippen LogP contribution in [0.1, 0.15) is 18.2 Å². The van der Waals surface area contributed by atoms with Crippen molar-refractivity contribution in [2.24, 2.45) is 9.39 Å². The molecule has 0 bridgehead atoms. The van der Waals surface area contributed by atoms with E-state index in [1.54, 1.807) is 28.8 Å². The Morgan fingerprint density at radius 2 is 2.04 bits per heavy atom. The number of carbonyl (C=O) groups excluding carboxylic acids is 1. The van der Waals surface area contributed by atoms with Crippen molar-refractivity contribution < 1.29 is 9.21 Å². The second kappa shape index (κ2) is 8.42. The Kier molecular flexibility index (Phi) is 5.74. The van der Waals surface area contributed by atoms with Gasteiger partial charge >= 0.3 is 0 Å². The molecule has 2 aliphatic rings. The molecule has 0 saturated heterocycles. The maximum atomic E-state index is 12.4. The third-order valence-corrected chi connectivity index (χ3v) is 6.50. The van der Waals surface area contributed by atoms with Crippen LogP contribution in [0.2, 0.25) is 0 Å². The van der Waals surface area contributed by atoms with E-state index >= 15 is 0 Å². The largest absolute Gasteiger partial charge is 0.450 e. The minimum Gasteiger partial charge on any atom is -0.450 e. The van der Waals surface area contributed by atoms with Gasteiger partial charge in [-0.2, -0.15) is 9.39 Å². The maximum Gasteiger partial charge on any atom is 0.283 e. The van der Waals surface area contributed by atoms with Crippen LogP contribution < -0.4 is 0 Å². The Bertz CT molecular complexity index is 1010. The first-order valence-corrected chi connectivity index (χ1v) is 11.3. The molecule has 4 rings (SSSR count). The highest BCUT2D eigenvalue weighted by atomic mass is 32.2. The number of nitrogens with one attached hydrogen (secondary N) is 1. The van der Waals surface area contributed by atoms with Gasteiger partial charge in [-0.05, 0) is 29.5 Å². The van der Waals surface area contributed by atoms with Crippen molar-refractivity contribution in [3.63, 3.8) is 0 Å². The van der Waals surface area contributed by atoms with E-state index in [1.165, 1.54) is 17.3 Å². The molecule has 9 heteroatoms. The molecule has 2 aromatic rings. The Morgan fingerprint density at radius 3 is 2.82 bits per heavy atom. The van der Waals surface area contributed by atoms with Crippen LogP contribution in [0.3, 0.4) is 0 Å². The van der Waals surface area contributed by atoms with Crippen LogP contribution in [0, 0.1) is 5.41 Å². The van der Waals surface area contributed by atoms with Gasteiger partial charge in [-0.1, -0.05) is 60.8 Å². The molecule has 142 valence electrons. The van der Waals surface area contributed by atoms with Crippen LogP contribution in [0.15, 0.2) is 66.9 Å². The normalized spacial score (nSPS) is 17.8. The number of fused-ring (bicyclic) bond motifs is 1. The number of aliphatic imine (C=N–C) groups is 1. The summed E-state index contributed by atoms with van der Waals surface area (Å²) in [5.74, 6) is 1.78. The lowest BCUT2D eigenvalue weighted by molar-refractivity contribution is -0.114. The molecule has 3 heterocycles. The van der Waals surface area contributed by atoms with Gasteiger partial charge in [0, 0.05) is 5.75 Å². The maximum absolute atomic E-state index is 12.4. The summed E-state index contributed by atoms with van der Waals surface area (Å²) in [5, 5.41) is 10.3. The predicted molar refractivity (Wildman–Crippen MR) is 118 cm³/mol. The summed E-state index contributed by atoms with van der Waals surface area (Å²) in [4.78, 5) is 18.1. The molecule has 0 fully saturated rings. The lowest BCUT2D eigenvalue weighted by Gasteiger charge is -2.23. The minimum atomic E-state index is -0.448. The number of amidine groups is 3. The highest BCUT2D eigenvalue weighted by Gasteiger charge is 2.37. The van der Waals surface area contributed by atoms with Gasteiger partial charge in [-0.3, -0.25) is 10.2 Å². The summed E-state index contributed by atoms with van der Waals surface area (Å²) in [6, 6.07) is 13.8. The molecular formula is C19H16N4O2S3. The molecule has 0 saturated carbocycles. The standard InChI is InChI=1S/C19H16N4O2S3/c1-2-26-19-22-28-18-21-17(24)14(16(20)23(18)19)10-13-8-9-15(25-13)27-11-12-6-4-3-5-7-12/h3-10,20H,2,11H2,1H3/b14-10-,20-16?. The van der Waals surface area contributed by atoms with Gasteiger partial charge in [0.25, 0.3) is 5.91 Å². The number of furan rings is 1. The summed E-state index contributed by atoms with van der Waals surface area (Å²) in [6.45, 7) is 2.01. The third kappa shape index (κ3) is 3.96. The van der Waals surface area contributed by atoms with Crippen molar-refractivity contribution in [3.8, 4) is 0 Å². The monoisotopic (exact) mass is 428 g/mol. The van der Waals surface area contributed by atoms with Crippen LogP contribution in [0.25, 0.3) is 6.08 Å². The molecule has 0 unspecified atom stereocenters. The summed E-state index contributed by atoms with van der Waals surface area (Å²) < 4.78 is 10.1. The molecule has 1 aromatic carbocycles. The van der Waals surface area contributed by atoms with Crippen molar-refractivity contribution in [2.75, 3.05) is 5.75 Å². The van der Waals surface area contributed by atoms with Crippen LogP contribution in [0.4, 0.5) is 0 Å². The number of benzene rings is 1. The molecule has 0 spiro atoms. The average molecular weight is 429 g/mol. The molecule has 0 aliphatic carbocycles. The number of hydrogen-bond donors (Lipinski definition) is 1. The second-order valence-electron chi connectivity index (χ2n) is 5.77. The van der Waals surface area contributed by atoms with E-state index in [0.29, 0.717) is 16.1 Å². The van der Waals surface area contributed by atoms with Crippen LogP contribution in [0.5, 0.6) is 0 Å². The lowest BCUT2D eigenvalue weighted by Crippen LogP contribution is -2.41. The van der Waals surface area contributed by atoms with E-state index in [9.17, 15) is 4.79 Å². The average Bonchev–Trinajstić information content (AvgIpc) is 3.32. The highest BCUT2D eigenvalue weighted by Crippen LogP contribution is 2.32. The van der Waals surface area contributed by atoms with Crippen molar-refractivity contribution in [1.29, 1.82) is 5.41 Å². The molecule has 28 heavy (non-hydrogen) atoms. The van der Waals surface area contributed by atoms with Crippen molar-refractivity contribution >= 4 is 63.6 Å². The zero-order chi connectivity index (χ0) is 19.5. The molecule has 1 amide bonds. The molecule has 1 N–H and O–H groups in total. The number of rotatable bonds is 5. The van der Waals surface area contributed by atoms with Crippen LogP contribution >= 0.6 is 35.5 Å². The van der Waals surface area contributed by atoms with Crippen LogP contribution in [-0.2, 0) is 10.5 Å². The van der Waals surface area contributed by atoms with Crippen LogP contribution in [-0.4, -0.2) is 32.7 Å². The number of hydrogen-bond acceptors (Lipinski definition) is 7. The second-order valence-corrected chi connectivity index (χ2v) is 8.71. The van der Waals surface area contributed by atoms with Gasteiger partial charge in [0.2, 0.25) is 5.17 Å². The number of thioether (sulfide) groups is 2. The first-order valence-electron chi connectivity index (χ1n) is 8.54. The minimum absolute atomic E-state index is 0.0783. The summed E-state index contributed by atoms with van der Waals surface area (Å²) in [5.41, 5.74) is 1.41. The molecule has 0 atom stereocenters. The van der Waals surface area contributed by atoms with E-state index in [-0.39, 0.29) is 11.4 Å². The Balaban J connectivity index is 1.51. The number of nitrogens with zero attached hydrogens (tertiary/aromatic N) is 3. The SMILES string of the molecule is CCSC1=NSC2=NC(=O)/C(=C\c3ccc(SCc4ccccc4)o3)C(=N)N12. The quantitative estimate of drug-likeness (QED) is 0.414. The van der Waals surface area contributed by atoms with E-state index in [1.807, 2.05) is 31.2 Å². The Morgan fingerprint density at radius 1 is 1.21 bits per heavy atom. The van der Waals surface area contributed by atoms with Gasteiger partial charge in [0.15, 0.2) is 10.3 Å². The Hall–Kier alpha value is -2.23. The molecule has 0 radical (unpaired) electrons. The summed E-state index contributed by atoms with van der Waals surface area (Å²) >= 11 is 4.22. The first-order chi connectivity index (χ1) is 13.7. The summed E-state index contributed by atoms with van der Waals surface area (Å²) in [6.07, 6.45) is 1.58. The van der Waals surface area contributed by atoms with Gasteiger partial charge in [0.1, 0.15) is 11.6 Å².